The molecule has 0 bridgehead atoms. The molecule has 2 rings (SSSR count). The number of nitrogens with two attached hydrogens (primary N) is 1. The quantitative estimate of drug-likeness (QED) is 0.814. The molecule has 0 aliphatic carbocycles. The largest absolute Gasteiger partial charge is 0.397 e. The molecule has 116 valence electrons. The molecule has 1 aliphatic heterocycles. The first-order valence-corrected chi connectivity index (χ1v) is 7.15. The molecule has 6 heteroatoms. The van der Waals surface area contributed by atoms with Crippen LogP contribution in [0.2, 0.25) is 0 Å². The third kappa shape index (κ3) is 4.15. The van der Waals surface area contributed by atoms with Crippen LogP contribution in [0, 0.1) is 5.82 Å². The first kappa shape index (κ1) is 15.7. The fourth-order valence-electron chi connectivity index (χ4n) is 2.35. The molecule has 0 radical (unpaired) electrons. The number of amides is 1. The van der Waals surface area contributed by atoms with Crippen molar-refractivity contribution in [3.05, 3.63) is 24.0 Å². The Bertz CT molecular complexity index is 504. The molecule has 0 aromatic heterocycles. The van der Waals surface area contributed by atoms with Crippen molar-refractivity contribution < 1.29 is 13.9 Å². The van der Waals surface area contributed by atoms with Crippen LogP contribution in [-0.2, 0) is 9.53 Å². The molecule has 1 heterocycles. The first-order valence-electron chi connectivity index (χ1n) is 7.15. The number of benzene rings is 1. The van der Waals surface area contributed by atoms with Gasteiger partial charge >= 0.3 is 0 Å². The second-order valence-corrected chi connectivity index (χ2v) is 5.47. The summed E-state index contributed by atoms with van der Waals surface area (Å²) in [5.74, 6) is -0.595. The normalized spacial score (nSPS) is 19.7. The Morgan fingerprint density at radius 3 is 3.00 bits per heavy atom. The summed E-state index contributed by atoms with van der Waals surface area (Å²) in [5, 5.41) is 2.73. The van der Waals surface area contributed by atoms with E-state index in [1.54, 1.807) is 0 Å². The minimum Gasteiger partial charge on any atom is -0.397 e. The second-order valence-electron chi connectivity index (χ2n) is 5.47. The van der Waals surface area contributed by atoms with Crippen LogP contribution in [0.25, 0.3) is 0 Å². The highest BCUT2D eigenvalue weighted by atomic mass is 19.1. The molecule has 0 saturated carbocycles. The van der Waals surface area contributed by atoms with E-state index in [1.807, 2.05) is 18.9 Å². The van der Waals surface area contributed by atoms with Crippen LogP contribution in [0.1, 0.15) is 19.8 Å². The molecule has 3 N–H and O–H groups in total. The Labute approximate surface area is 124 Å². The van der Waals surface area contributed by atoms with Gasteiger partial charge in [0.15, 0.2) is 0 Å². The number of rotatable bonds is 5. The summed E-state index contributed by atoms with van der Waals surface area (Å²) in [6.45, 7) is 3.34. The topological polar surface area (TPSA) is 67.6 Å². The van der Waals surface area contributed by atoms with Gasteiger partial charge in [-0.15, -0.1) is 0 Å². The molecule has 1 saturated heterocycles. The lowest BCUT2D eigenvalue weighted by molar-refractivity contribution is -0.120. The van der Waals surface area contributed by atoms with E-state index in [-0.39, 0.29) is 23.7 Å². The zero-order chi connectivity index (χ0) is 15.4. The van der Waals surface area contributed by atoms with E-state index in [0.29, 0.717) is 12.2 Å². The van der Waals surface area contributed by atoms with Crippen LogP contribution in [0.4, 0.5) is 15.8 Å². The molecule has 1 aliphatic rings. The number of carbonyl (C=O) groups excluding carboxylic acids is 1. The van der Waals surface area contributed by atoms with E-state index in [1.165, 1.54) is 18.2 Å². The number of nitrogens with one attached hydrogen (secondary N) is 1. The minimum atomic E-state index is -0.422. The molecule has 1 fully saturated rings. The van der Waals surface area contributed by atoms with Gasteiger partial charge < -0.3 is 15.8 Å². The number of nitrogens with zero attached hydrogens (tertiary/aromatic N) is 1. The highest BCUT2D eigenvalue weighted by Crippen LogP contribution is 2.20. The number of hydrogen-bond acceptors (Lipinski definition) is 4. The Morgan fingerprint density at radius 2 is 2.38 bits per heavy atom. The Balaban J connectivity index is 1.91. The highest BCUT2D eigenvalue weighted by molar-refractivity contribution is 5.97. The van der Waals surface area contributed by atoms with Crippen molar-refractivity contribution in [3.63, 3.8) is 0 Å². The molecule has 2 unspecified atom stereocenters. The van der Waals surface area contributed by atoms with E-state index >= 15 is 0 Å². The summed E-state index contributed by atoms with van der Waals surface area (Å²) in [6.07, 6.45) is 2.30. The molecule has 5 nitrogen and oxygen atoms in total. The van der Waals surface area contributed by atoms with E-state index in [4.69, 9.17) is 10.5 Å². The number of carbonyl (C=O) groups is 1. The van der Waals surface area contributed by atoms with Gasteiger partial charge in [0.05, 0.1) is 23.5 Å². The molecule has 1 aromatic carbocycles. The van der Waals surface area contributed by atoms with Gasteiger partial charge in [0.2, 0.25) is 5.91 Å². The van der Waals surface area contributed by atoms with Crippen LogP contribution in [0.5, 0.6) is 0 Å². The lowest BCUT2D eigenvalue weighted by atomic mass is 10.2. The van der Waals surface area contributed by atoms with Gasteiger partial charge in [-0.25, -0.2) is 4.39 Å². The van der Waals surface area contributed by atoms with Crippen LogP contribution in [-0.4, -0.2) is 43.2 Å². The van der Waals surface area contributed by atoms with Gasteiger partial charge in [-0.2, -0.15) is 0 Å². The van der Waals surface area contributed by atoms with Crippen molar-refractivity contribution >= 4 is 17.3 Å². The average Bonchev–Trinajstić information content (AvgIpc) is 2.93. The summed E-state index contributed by atoms with van der Waals surface area (Å²) >= 11 is 0. The van der Waals surface area contributed by atoms with Crippen molar-refractivity contribution in [3.8, 4) is 0 Å². The average molecular weight is 295 g/mol. The lowest BCUT2D eigenvalue weighted by Gasteiger charge is -2.26. The molecule has 1 aromatic rings. The molecule has 1 amide bonds. The monoisotopic (exact) mass is 295 g/mol. The summed E-state index contributed by atoms with van der Waals surface area (Å²) in [5.41, 5.74) is 6.34. The van der Waals surface area contributed by atoms with Crippen LogP contribution in [0.15, 0.2) is 18.2 Å². The van der Waals surface area contributed by atoms with Gasteiger partial charge in [0.1, 0.15) is 5.82 Å². The number of anilines is 2. The fraction of sp³-hybridized carbons (Fsp3) is 0.533. The first-order chi connectivity index (χ1) is 9.97. The van der Waals surface area contributed by atoms with Crippen molar-refractivity contribution in [2.75, 3.05) is 31.2 Å². The number of halogens is 1. The summed E-state index contributed by atoms with van der Waals surface area (Å²) in [4.78, 5) is 14.2. The molecule has 0 spiro atoms. The summed E-state index contributed by atoms with van der Waals surface area (Å²) in [7, 11) is 1.89. The third-order valence-electron chi connectivity index (χ3n) is 3.83. The predicted molar refractivity (Wildman–Crippen MR) is 80.5 cm³/mol. The second kappa shape index (κ2) is 6.87. The zero-order valence-electron chi connectivity index (χ0n) is 12.4. The Hall–Kier alpha value is -1.66. The standard InChI is InChI=1S/C15H22FN3O2/c1-10(19(2)9-12-4-3-7-21-12)15(20)18-14-6-5-11(16)8-13(14)17/h5-6,8,10,12H,3-4,7,9,17H2,1-2H3,(H,18,20). The van der Waals surface area contributed by atoms with E-state index in [2.05, 4.69) is 5.32 Å². The van der Waals surface area contributed by atoms with E-state index in [9.17, 15) is 9.18 Å². The molecular formula is C15H22FN3O2. The van der Waals surface area contributed by atoms with Crippen molar-refractivity contribution in [1.29, 1.82) is 0 Å². The SMILES string of the molecule is CC(C(=O)Nc1ccc(F)cc1N)N(C)CC1CCCO1. The van der Waals surface area contributed by atoms with Gasteiger partial charge in [-0.3, -0.25) is 9.69 Å². The van der Waals surface area contributed by atoms with E-state index < -0.39 is 5.82 Å². The Kier molecular flexibility index (Phi) is 5.14. The van der Waals surface area contributed by atoms with Crippen LogP contribution >= 0.6 is 0 Å². The van der Waals surface area contributed by atoms with Gasteiger partial charge in [0.25, 0.3) is 0 Å². The number of ether oxygens (including phenoxy) is 1. The number of hydrogen-bond donors (Lipinski definition) is 2. The maximum Gasteiger partial charge on any atom is 0.241 e. The number of likely N-dealkylation sites (N-methyl/N-ethyl adjacent to an activating group) is 1. The van der Waals surface area contributed by atoms with Crippen molar-refractivity contribution in [2.45, 2.75) is 31.9 Å². The smallest absolute Gasteiger partial charge is 0.241 e. The fourth-order valence-corrected chi connectivity index (χ4v) is 2.35. The van der Waals surface area contributed by atoms with Gasteiger partial charge in [-0.1, -0.05) is 0 Å². The molecular weight excluding hydrogens is 273 g/mol. The number of nitrogen functional groups attached to an aromatic ring is 1. The maximum absolute atomic E-state index is 13.0. The summed E-state index contributed by atoms with van der Waals surface area (Å²) in [6, 6.07) is 3.61. The van der Waals surface area contributed by atoms with E-state index in [0.717, 1.165) is 19.4 Å². The molecule has 2 atom stereocenters. The van der Waals surface area contributed by atoms with Crippen LogP contribution in [0.3, 0.4) is 0 Å². The lowest BCUT2D eigenvalue weighted by Crippen LogP contribution is -2.43. The zero-order valence-corrected chi connectivity index (χ0v) is 12.4. The predicted octanol–water partition coefficient (Wildman–Crippen LogP) is 1.85. The molecule has 21 heavy (non-hydrogen) atoms. The van der Waals surface area contributed by atoms with Crippen molar-refractivity contribution in [1.82, 2.24) is 4.90 Å². The van der Waals surface area contributed by atoms with Gasteiger partial charge in [0, 0.05) is 13.2 Å². The van der Waals surface area contributed by atoms with Crippen LogP contribution < -0.4 is 11.1 Å². The van der Waals surface area contributed by atoms with Gasteiger partial charge in [-0.05, 0) is 45.0 Å². The maximum atomic E-state index is 13.0. The third-order valence-corrected chi connectivity index (χ3v) is 3.83. The minimum absolute atomic E-state index is 0.172. The van der Waals surface area contributed by atoms with Crippen molar-refractivity contribution in [2.24, 2.45) is 0 Å². The highest BCUT2D eigenvalue weighted by Gasteiger charge is 2.24. The Morgan fingerprint density at radius 1 is 1.62 bits per heavy atom. The summed E-state index contributed by atoms with van der Waals surface area (Å²) < 4.78 is 18.6.